The fraction of sp³-hybridized carbons (Fsp3) is 0.400. The van der Waals surface area contributed by atoms with Crippen LogP contribution in [-0.4, -0.2) is 19.3 Å². The molecular formula is C10H13NS. The first kappa shape index (κ1) is 7.99. The SMILES string of the molecule is Cc1ccc2c(c1)SCCN2C. The Balaban J connectivity index is 2.46. The second-order valence-corrected chi connectivity index (χ2v) is 4.38. The summed E-state index contributed by atoms with van der Waals surface area (Å²) in [5.74, 6) is 1.22. The van der Waals surface area contributed by atoms with Crippen LogP contribution in [0, 0.1) is 6.92 Å². The number of rotatable bonds is 0. The molecule has 0 amide bonds. The van der Waals surface area contributed by atoms with Crippen molar-refractivity contribution in [2.75, 3.05) is 24.2 Å². The summed E-state index contributed by atoms with van der Waals surface area (Å²) in [4.78, 5) is 3.76. The van der Waals surface area contributed by atoms with Crippen molar-refractivity contribution < 1.29 is 0 Å². The second-order valence-electron chi connectivity index (χ2n) is 3.24. The fourth-order valence-corrected chi connectivity index (χ4v) is 2.69. The summed E-state index contributed by atoms with van der Waals surface area (Å²) in [6.07, 6.45) is 0. The van der Waals surface area contributed by atoms with Crippen LogP contribution in [0.2, 0.25) is 0 Å². The number of hydrogen-bond acceptors (Lipinski definition) is 2. The minimum Gasteiger partial charge on any atom is -0.373 e. The third-order valence-corrected chi connectivity index (χ3v) is 3.24. The minimum absolute atomic E-state index is 1.17. The van der Waals surface area contributed by atoms with Crippen molar-refractivity contribution in [2.45, 2.75) is 11.8 Å². The molecule has 2 heteroatoms. The summed E-state index contributed by atoms with van der Waals surface area (Å²) in [5, 5.41) is 0. The molecule has 0 bridgehead atoms. The Morgan fingerprint density at radius 1 is 1.42 bits per heavy atom. The van der Waals surface area contributed by atoms with Gasteiger partial charge in [0.05, 0.1) is 5.69 Å². The van der Waals surface area contributed by atoms with Crippen LogP contribution < -0.4 is 4.90 Å². The summed E-state index contributed by atoms with van der Waals surface area (Å²) in [5.41, 5.74) is 2.74. The van der Waals surface area contributed by atoms with Crippen molar-refractivity contribution in [1.82, 2.24) is 0 Å². The quantitative estimate of drug-likeness (QED) is 0.602. The van der Waals surface area contributed by atoms with Crippen LogP contribution in [0.3, 0.4) is 0 Å². The Kier molecular flexibility index (Phi) is 2.01. The molecule has 0 aliphatic carbocycles. The van der Waals surface area contributed by atoms with Gasteiger partial charge in [-0.15, -0.1) is 11.8 Å². The van der Waals surface area contributed by atoms with Gasteiger partial charge in [0.15, 0.2) is 0 Å². The van der Waals surface area contributed by atoms with Gasteiger partial charge in [0, 0.05) is 24.2 Å². The van der Waals surface area contributed by atoms with Gasteiger partial charge in [-0.25, -0.2) is 0 Å². The molecule has 1 heterocycles. The molecule has 2 rings (SSSR count). The Morgan fingerprint density at radius 2 is 2.25 bits per heavy atom. The molecular weight excluding hydrogens is 166 g/mol. The van der Waals surface area contributed by atoms with Gasteiger partial charge in [0.1, 0.15) is 0 Å². The van der Waals surface area contributed by atoms with E-state index in [1.165, 1.54) is 28.4 Å². The molecule has 64 valence electrons. The maximum Gasteiger partial charge on any atom is 0.0502 e. The fourth-order valence-electron chi connectivity index (χ4n) is 1.47. The third kappa shape index (κ3) is 1.31. The van der Waals surface area contributed by atoms with Gasteiger partial charge in [-0.1, -0.05) is 6.07 Å². The average molecular weight is 179 g/mol. The molecule has 0 saturated carbocycles. The highest BCUT2D eigenvalue weighted by Gasteiger charge is 2.12. The lowest BCUT2D eigenvalue weighted by atomic mass is 10.2. The van der Waals surface area contributed by atoms with Crippen LogP contribution in [0.25, 0.3) is 0 Å². The normalized spacial score (nSPS) is 16.0. The average Bonchev–Trinajstić information content (AvgIpc) is 2.04. The van der Waals surface area contributed by atoms with E-state index in [9.17, 15) is 0 Å². The van der Waals surface area contributed by atoms with E-state index < -0.39 is 0 Å². The van der Waals surface area contributed by atoms with Crippen LogP contribution in [0.15, 0.2) is 23.1 Å². The zero-order valence-electron chi connectivity index (χ0n) is 7.50. The smallest absolute Gasteiger partial charge is 0.0502 e. The van der Waals surface area contributed by atoms with E-state index in [0.29, 0.717) is 0 Å². The molecule has 0 radical (unpaired) electrons. The molecule has 0 saturated heterocycles. The number of hydrogen-bond donors (Lipinski definition) is 0. The largest absolute Gasteiger partial charge is 0.373 e. The number of benzene rings is 1. The maximum atomic E-state index is 2.32. The predicted molar refractivity (Wildman–Crippen MR) is 55.2 cm³/mol. The van der Waals surface area contributed by atoms with Crippen molar-refractivity contribution in [3.63, 3.8) is 0 Å². The standard InChI is InChI=1S/C10H13NS/c1-8-3-4-9-10(7-8)12-6-5-11(9)2/h3-4,7H,5-6H2,1-2H3. The highest BCUT2D eigenvalue weighted by molar-refractivity contribution is 7.99. The van der Waals surface area contributed by atoms with E-state index in [1.54, 1.807) is 0 Å². The van der Waals surface area contributed by atoms with E-state index in [0.717, 1.165) is 0 Å². The second kappa shape index (κ2) is 3.02. The van der Waals surface area contributed by atoms with Gasteiger partial charge in [0.2, 0.25) is 0 Å². The first-order valence-corrected chi connectivity index (χ1v) is 5.20. The van der Waals surface area contributed by atoms with Crippen molar-refractivity contribution in [1.29, 1.82) is 0 Å². The van der Waals surface area contributed by atoms with Crippen LogP contribution in [0.4, 0.5) is 5.69 Å². The van der Waals surface area contributed by atoms with E-state index in [-0.39, 0.29) is 0 Å². The Morgan fingerprint density at radius 3 is 3.08 bits per heavy atom. The summed E-state index contributed by atoms with van der Waals surface area (Å²) < 4.78 is 0. The van der Waals surface area contributed by atoms with Gasteiger partial charge in [-0.05, 0) is 24.6 Å². The first-order valence-electron chi connectivity index (χ1n) is 4.22. The molecule has 1 aliphatic rings. The van der Waals surface area contributed by atoms with Gasteiger partial charge in [0.25, 0.3) is 0 Å². The topological polar surface area (TPSA) is 3.24 Å². The summed E-state index contributed by atoms with van der Waals surface area (Å²) in [6, 6.07) is 6.67. The molecule has 1 aliphatic heterocycles. The lowest BCUT2D eigenvalue weighted by molar-refractivity contribution is 0.942. The van der Waals surface area contributed by atoms with Crippen LogP contribution in [0.1, 0.15) is 5.56 Å². The van der Waals surface area contributed by atoms with E-state index in [2.05, 4.69) is 37.1 Å². The Hall–Kier alpha value is -0.630. The summed E-state index contributed by atoms with van der Waals surface area (Å²) in [6.45, 7) is 3.32. The lowest BCUT2D eigenvalue weighted by Gasteiger charge is -2.26. The van der Waals surface area contributed by atoms with Gasteiger partial charge in [-0.2, -0.15) is 0 Å². The maximum absolute atomic E-state index is 2.32. The molecule has 0 unspecified atom stereocenters. The molecule has 1 aromatic rings. The Labute approximate surface area is 77.8 Å². The molecule has 12 heavy (non-hydrogen) atoms. The molecule has 0 spiro atoms. The van der Waals surface area contributed by atoms with Crippen molar-refractivity contribution in [3.8, 4) is 0 Å². The van der Waals surface area contributed by atoms with Gasteiger partial charge in [-0.3, -0.25) is 0 Å². The number of anilines is 1. The Bertz CT molecular complexity index is 296. The number of thioether (sulfide) groups is 1. The molecule has 0 fully saturated rings. The van der Waals surface area contributed by atoms with Crippen molar-refractivity contribution in [2.24, 2.45) is 0 Å². The molecule has 1 nitrogen and oxygen atoms in total. The predicted octanol–water partition coefficient (Wildman–Crippen LogP) is 2.54. The third-order valence-electron chi connectivity index (χ3n) is 2.21. The molecule has 0 atom stereocenters. The summed E-state index contributed by atoms with van der Waals surface area (Å²) in [7, 11) is 2.16. The van der Waals surface area contributed by atoms with E-state index >= 15 is 0 Å². The van der Waals surface area contributed by atoms with Crippen LogP contribution >= 0.6 is 11.8 Å². The molecule has 0 N–H and O–H groups in total. The van der Waals surface area contributed by atoms with Gasteiger partial charge >= 0.3 is 0 Å². The molecule has 0 aromatic heterocycles. The monoisotopic (exact) mass is 179 g/mol. The number of aryl methyl sites for hydroxylation is 1. The lowest BCUT2D eigenvalue weighted by Crippen LogP contribution is -2.24. The highest BCUT2D eigenvalue weighted by atomic mass is 32.2. The van der Waals surface area contributed by atoms with Crippen LogP contribution in [-0.2, 0) is 0 Å². The minimum atomic E-state index is 1.17. The van der Waals surface area contributed by atoms with Gasteiger partial charge < -0.3 is 4.90 Å². The first-order chi connectivity index (χ1) is 5.77. The van der Waals surface area contributed by atoms with E-state index in [1.807, 2.05) is 11.8 Å². The van der Waals surface area contributed by atoms with Crippen molar-refractivity contribution >= 4 is 17.4 Å². The van der Waals surface area contributed by atoms with E-state index in [4.69, 9.17) is 0 Å². The zero-order chi connectivity index (χ0) is 8.55. The van der Waals surface area contributed by atoms with Crippen molar-refractivity contribution in [3.05, 3.63) is 23.8 Å². The van der Waals surface area contributed by atoms with Crippen LogP contribution in [0.5, 0.6) is 0 Å². The molecule has 1 aromatic carbocycles. The highest BCUT2D eigenvalue weighted by Crippen LogP contribution is 2.34. The number of nitrogens with zero attached hydrogens (tertiary/aromatic N) is 1. The summed E-state index contributed by atoms with van der Waals surface area (Å²) >= 11 is 1.96. The number of fused-ring (bicyclic) bond motifs is 1. The zero-order valence-corrected chi connectivity index (χ0v) is 8.32.